The number of anilines is 2. The standard InChI is InChI=1S/C14H8Br2FN3/c15-8-6-12-14(19-7-8)11(4-5-18-12)20-13-9(16)2-1-3-10(13)17/h1-7H,(H,18,20). The molecule has 0 atom stereocenters. The summed E-state index contributed by atoms with van der Waals surface area (Å²) in [6, 6.07) is 8.45. The Morgan fingerprint density at radius 2 is 1.95 bits per heavy atom. The zero-order valence-corrected chi connectivity index (χ0v) is 13.2. The van der Waals surface area contributed by atoms with Crippen LogP contribution in [0.2, 0.25) is 0 Å². The topological polar surface area (TPSA) is 37.8 Å². The third-order valence-electron chi connectivity index (χ3n) is 2.77. The van der Waals surface area contributed by atoms with Crippen molar-refractivity contribution >= 4 is 54.3 Å². The zero-order chi connectivity index (χ0) is 14.1. The first-order valence-corrected chi connectivity index (χ1v) is 7.35. The summed E-state index contributed by atoms with van der Waals surface area (Å²) in [6.45, 7) is 0. The maximum atomic E-state index is 13.9. The molecule has 3 nitrogen and oxygen atoms in total. The van der Waals surface area contributed by atoms with E-state index in [1.54, 1.807) is 30.6 Å². The van der Waals surface area contributed by atoms with E-state index in [0.717, 1.165) is 9.99 Å². The molecule has 0 aliphatic carbocycles. The van der Waals surface area contributed by atoms with Crippen molar-refractivity contribution in [3.8, 4) is 0 Å². The number of hydrogen-bond acceptors (Lipinski definition) is 3. The molecule has 20 heavy (non-hydrogen) atoms. The van der Waals surface area contributed by atoms with Gasteiger partial charge in [-0.05, 0) is 56.1 Å². The largest absolute Gasteiger partial charge is 0.350 e. The minimum Gasteiger partial charge on any atom is -0.350 e. The van der Waals surface area contributed by atoms with Crippen molar-refractivity contribution in [1.29, 1.82) is 0 Å². The summed E-state index contributed by atoms with van der Waals surface area (Å²) in [6.07, 6.45) is 3.35. The van der Waals surface area contributed by atoms with Gasteiger partial charge in [0, 0.05) is 21.3 Å². The van der Waals surface area contributed by atoms with Crippen molar-refractivity contribution < 1.29 is 4.39 Å². The molecule has 2 aromatic heterocycles. The van der Waals surface area contributed by atoms with Crippen LogP contribution in [0.15, 0.2) is 51.7 Å². The Morgan fingerprint density at radius 3 is 2.75 bits per heavy atom. The molecule has 0 aliphatic heterocycles. The molecule has 6 heteroatoms. The van der Waals surface area contributed by atoms with Crippen LogP contribution in [0.3, 0.4) is 0 Å². The highest BCUT2D eigenvalue weighted by molar-refractivity contribution is 9.10. The Kier molecular flexibility index (Phi) is 3.67. The number of fused-ring (bicyclic) bond motifs is 1. The summed E-state index contributed by atoms with van der Waals surface area (Å²) in [5.41, 5.74) is 2.50. The van der Waals surface area contributed by atoms with Gasteiger partial charge in [0.15, 0.2) is 0 Å². The lowest BCUT2D eigenvalue weighted by Gasteiger charge is -2.11. The third kappa shape index (κ3) is 2.53. The molecule has 1 N–H and O–H groups in total. The van der Waals surface area contributed by atoms with Gasteiger partial charge in [-0.15, -0.1) is 0 Å². The fourth-order valence-corrected chi connectivity index (χ4v) is 2.62. The van der Waals surface area contributed by atoms with Crippen molar-refractivity contribution in [2.24, 2.45) is 0 Å². The van der Waals surface area contributed by atoms with Gasteiger partial charge in [0.05, 0.1) is 16.9 Å². The summed E-state index contributed by atoms with van der Waals surface area (Å²) in [5, 5.41) is 3.06. The molecule has 2 heterocycles. The second kappa shape index (κ2) is 5.46. The van der Waals surface area contributed by atoms with Gasteiger partial charge in [-0.1, -0.05) is 6.07 Å². The monoisotopic (exact) mass is 395 g/mol. The Labute approximate surface area is 131 Å². The van der Waals surface area contributed by atoms with Crippen molar-refractivity contribution in [1.82, 2.24) is 9.97 Å². The number of hydrogen-bond donors (Lipinski definition) is 1. The van der Waals surface area contributed by atoms with Crippen LogP contribution in [0.1, 0.15) is 0 Å². The summed E-state index contributed by atoms with van der Waals surface area (Å²) in [7, 11) is 0. The predicted octanol–water partition coefficient (Wildman–Crippen LogP) is 5.04. The molecule has 3 aromatic rings. The van der Waals surface area contributed by atoms with Crippen LogP contribution in [0.25, 0.3) is 11.0 Å². The number of rotatable bonds is 2. The normalized spacial score (nSPS) is 10.8. The number of nitrogens with zero attached hydrogens (tertiary/aromatic N) is 2. The van der Waals surface area contributed by atoms with Crippen molar-refractivity contribution in [2.75, 3.05) is 5.32 Å². The van der Waals surface area contributed by atoms with Crippen molar-refractivity contribution in [2.45, 2.75) is 0 Å². The van der Waals surface area contributed by atoms with E-state index in [-0.39, 0.29) is 5.82 Å². The van der Waals surface area contributed by atoms with Crippen LogP contribution in [0.5, 0.6) is 0 Å². The molecule has 0 saturated heterocycles. The van der Waals surface area contributed by atoms with Crippen LogP contribution >= 0.6 is 31.9 Å². The van der Waals surface area contributed by atoms with Crippen LogP contribution in [0, 0.1) is 5.82 Å². The van der Waals surface area contributed by atoms with Gasteiger partial charge < -0.3 is 5.32 Å². The lowest BCUT2D eigenvalue weighted by Crippen LogP contribution is -1.97. The maximum absolute atomic E-state index is 13.9. The molecule has 0 spiro atoms. The number of halogens is 3. The number of nitrogens with one attached hydrogen (secondary N) is 1. The van der Waals surface area contributed by atoms with Crippen LogP contribution < -0.4 is 5.32 Å². The van der Waals surface area contributed by atoms with Gasteiger partial charge in [0.2, 0.25) is 0 Å². The highest BCUT2D eigenvalue weighted by atomic mass is 79.9. The number of para-hydroxylation sites is 1. The second-order valence-corrected chi connectivity index (χ2v) is 5.87. The maximum Gasteiger partial charge on any atom is 0.147 e. The summed E-state index contributed by atoms with van der Waals surface area (Å²) >= 11 is 6.69. The highest BCUT2D eigenvalue weighted by Crippen LogP contribution is 2.31. The van der Waals surface area contributed by atoms with Gasteiger partial charge in [0.1, 0.15) is 11.3 Å². The fraction of sp³-hybridized carbons (Fsp3) is 0. The molecule has 0 bridgehead atoms. The average Bonchev–Trinajstić information content (AvgIpc) is 2.42. The number of aromatic nitrogens is 2. The molecular formula is C14H8Br2FN3. The van der Waals surface area contributed by atoms with Crippen molar-refractivity contribution in [3.05, 3.63) is 57.5 Å². The average molecular weight is 397 g/mol. The van der Waals surface area contributed by atoms with E-state index in [2.05, 4.69) is 47.1 Å². The van der Waals surface area contributed by atoms with Gasteiger partial charge in [-0.3, -0.25) is 9.97 Å². The lowest BCUT2D eigenvalue weighted by atomic mass is 10.2. The highest BCUT2D eigenvalue weighted by Gasteiger charge is 2.10. The zero-order valence-electron chi connectivity index (χ0n) is 10.1. The van der Waals surface area contributed by atoms with Crippen molar-refractivity contribution in [3.63, 3.8) is 0 Å². The van der Waals surface area contributed by atoms with E-state index < -0.39 is 0 Å². The van der Waals surface area contributed by atoms with Crippen LogP contribution in [-0.4, -0.2) is 9.97 Å². The smallest absolute Gasteiger partial charge is 0.147 e. The molecule has 3 rings (SSSR count). The molecule has 100 valence electrons. The SMILES string of the molecule is Fc1cccc(Br)c1Nc1ccnc2cc(Br)cnc12. The van der Waals surface area contributed by atoms with Gasteiger partial charge in [0.25, 0.3) is 0 Å². The van der Waals surface area contributed by atoms with Gasteiger partial charge in [-0.2, -0.15) is 0 Å². The first-order valence-electron chi connectivity index (χ1n) is 5.76. The van der Waals surface area contributed by atoms with E-state index in [9.17, 15) is 4.39 Å². The fourth-order valence-electron chi connectivity index (χ4n) is 1.86. The Hall–Kier alpha value is -1.53. The molecule has 0 aliphatic rings. The molecule has 0 amide bonds. The van der Waals surface area contributed by atoms with E-state index in [1.807, 2.05) is 6.07 Å². The van der Waals surface area contributed by atoms with Crippen LogP contribution in [0.4, 0.5) is 15.8 Å². The molecular weight excluding hydrogens is 389 g/mol. The van der Waals surface area contributed by atoms with E-state index in [0.29, 0.717) is 21.4 Å². The third-order valence-corrected chi connectivity index (χ3v) is 3.86. The van der Waals surface area contributed by atoms with Crippen LogP contribution in [-0.2, 0) is 0 Å². The van der Waals surface area contributed by atoms with E-state index in [1.165, 1.54) is 6.07 Å². The Balaban J connectivity index is 2.11. The first kappa shape index (κ1) is 13.5. The quantitative estimate of drug-likeness (QED) is 0.659. The molecule has 0 fully saturated rings. The Morgan fingerprint density at radius 1 is 1.10 bits per heavy atom. The molecule has 0 saturated carbocycles. The molecule has 1 aromatic carbocycles. The lowest BCUT2D eigenvalue weighted by molar-refractivity contribution is 0.631. The number of benzene rings is 1. The molecule has 0 unspecified atom stereocenters. The van der Waals surface area contributed by atoms with Gasteiger partial charge >= 0.3 is 0 Å². The summed E-state index contributed by atoms with van der Waals surface area (Å²) in [5.74, 6) is -0.332. The number of pyridine rings is 2. The second-order valence-electron chi connectivity index (χ2n) is 4.10. The van der Waals surface area contributed by atoms with E-state index >= 15 is 0 Å². The summed E-state index contributed by atoms with van der Waals surface area (Å²) in [4.78, 5) is 8.58. The Bertz CT molecular complexity index is 772. The summed E-state index contributed by atoms with van der Waals surface area (Å²) < 4.78 is 15.4. The first-order chi connectivity index (χ1) is 9.65. The minimum absolute atomic E-state index is 0.332. The van der Waals surface area contributed by atoms with E-state index in [4.69, 9.17) is 0 Å². The minimum atomic E-state index is -0.332. The van der Waals surface area contributed by atoms with Gasteiger partial charge in [-0.25, -0.2) is 4.39 Å². The molecule has 0 radical (unpaired) electrons. The predicted molar refractivity (Wildman–Crippen MR) is 84.6 cm³/mol.